The number of carbonyl (C=O) groups excluding carboxylic acids is 5. The molecule has 226 valence electrons. The lowest BCUT2D eigenvalue weighted by Gasteiger charge is -2.44. The molecule has 2 aliphatic heterocycles. The zero-order valence-corrected chi connectivity index (χ0v) is 24.6. The molecule has 12 nitrogen and oxygen atoms in total. The minimum absolute atomic E-state index is 0.142. The molecule has 1 amide bonds. The fourth-order valence-electron chi connectivity index (χ4n) is 4.47. The van der Waals surface area contributed by atoms with Gasteiger partial charge in [0.25, 0.3) is 5.91 Å². The van der Waals surface area contributed by atoms with Gasteiger partial charge < -0.3 is 23.7 Å². The fourth-order valence-corrected chi connectivity index (χ4v) is 5.67. The average molecular weight is 611 g/mol. The first kappa shape index (κ1) is 31.4. The Balaban J connectivity index is 1.78. The molecule has 1 fully saturated rings. The van der Waals surface area contributed by atoms with Crippen LogP contribution in [0.3, 0.4) is 0 Å². The number of amidine groups is 1. The molecule has 0 saturated carbocycles. The van der Waals surface area contributed by atoms with Crippen LogP contribution in [0.5, 0.6) is 0 Å². The fraction of sp³-hybridized carbons (Fsp3) is 0.333. The van der Waals surface area contributed by atoms with Gasteiger partial charge in [-0.15, -0.1) is 0 Å². The third-order valence-electron chi connectivity index (χ3n) is 6.12. The number of hydrogen-bond acceptors (Lipinski definition) is 12. The van der Waals surface area contributed by atoms with E-state index in [-0.39, 0.29) is 17.5 Å². The molecule has 0 aromatic heterocycles. The van der Waals surface area contributed by atoms with Crippen LogP contribution in [0.4, 0.5) is 5.69 Å². The van der Waals surface area contributed by atoms with Crippen molar-refractivity contribution in [2.24, 2.45) is 4.99 Å². The summed E-state index contributed by atoms with van der Waals surface area (Å²) in [5.74, 6) is -3.25. The highest BCUT2D eigenvalue weighted by atomic mass is 32.2. The summed E-state index contributed by atoms with van der Waals surface area (Å²) in [6.07, 6.45) is -3.46. The molecule has 0 N–H and O–H groups in total. The molecule has 0 bridgehead atoms. The lowest BCUT2D eigenvalue weighted by molar-refractivity contribution is -0.237. The van der Waals surface area contributed by atoms with E-state index in [2.05, 4.69) is 4.99 Å². The van der Waals surface area contributed by atoms with Crippen molar-refractivity contribution >= 4 is 58.5 Å². The second kappa shape index (κ2) is 14.1. The van der Waals surface area contributed by atoms with Crippen LogP contribution in [0.15, 0.2) is 71.4 Å². The number of ether oxygens (including phenoxy) is 5. The molecule has 2 heterocycles. The van der Waals surface area contributed by atoms with Crippen LogP contribution < -0.4 is 4.90 Å². The van der Waals surface area contributed by atoms with Crippen molar-refractivity contribution in [2.45, 2.75) is 57.5 Å². The third kappa shape index (κ3) is 8.08. The van der Waals surface area contributed by atoms with Crippen LogP contribution in [-0.4, -0.2) is 71.4 Å². The summed E-state index contributed by atoms with van der Waals surface area (Å²) < 4.78 is 27.9. The largest absolute Gasteiger partial charge is 0.463 e. The van der Waals surface area contributed by atoms with E-state index in [1.807, 2.05) is 30.3 Å². The van der Waals surface area contributed by atoms with E-state index in [0.717, 1.165) is 38.1 Å². The average Bonchev–Trinajstić information content (AvgIpc) is 3.25. The van der Waals surface area contributed by atoms with Crippen LogP contribution in [0.25, 0.3) is 6.08 Å². The smallest absolute Gasteiger partial charge is 0.303 e. The van der Waals surface area contributed by atoms with Gasteiger partial charge in [-0.1, -0.05) is 60.3 Å². The zero-order valence-electron chi connectivity index (χ0n) is 23.8. The molecular formula is C30H30N2O10S. The molecule has 0 unspecified atom stereocenters. The summed E-state index contributed by atoms with van der Waals surface area (Å²) >= 11 is 0.932. The monoisotopic (exact) mass is 610 g/mol. The van der Waals surface area contributed by atoms with Crippen molar-refractivity contribution < 1.29 is 47.7 Å². The number of esters is 4. The summed E-state index contributed by atoms with van der Waals surface area (Å²) in [6.45, 7) is 4.27. The second-order valence-electron chi connectivity index (χ2n) is 9.50. The van der Waals surface area contributed by atoms with Gasteiger partial charge in [-0.3, -0.25) is 28.9 Å². The summed E-state index contributed by atoms with van der Waals surface area (Å²) in [5.41, 5.74) is 0.250. The Bertz CT molecular complexity index is 1430. The normalized spacial score (nSPS) is 24.2. The van der Waals surface area contributed by atoms with Crippen LogP contribution in [0, 0.1) is 0 Å². The zero-order chi connectivity index (χ0) is 31.1. The van der Waals surface area contributed by atoms with Gasteiger partial charge in [-0.05, 0) is 23.8 Å². The Morgan fingerprint density at radius 1 is 0.814 bits per heavy atom. The van der Waals surface area contributed by atoms with Gasteiger partial charge in [0.05, 0.1) is 5.69 Å². The first-order valence-electron chi connectivity index (χ1n) is 13.3. The molecule has 1 saturated heterocycles. The number of amides is 1. The first-order valence-corrected chi connectivity index (χ1v) is 14.1. The molecule has 43 heavy (non-hydrogen) atoms. The number of nitrogens with zero attached hydrogens (tertiary/aromatic N) is 2. The van der Waals surface area contributed by atoms with Gasteiger partial charge in [0.2, 0.25) is 0 Å². The maximum Gasteiger partial charge on any atom is 0.303 e. The predicted octanol–water partition coefficient (Wildman–Crippen LogP) is 3.25. The predicted molar refractivity (Wildman–Crippen MR) is 155 cm³/mol. The summed E-state index contributed by atoms with van der Waals surface area (Å²) in [5, 5.41) is 0.180. The van der Waals surface area contributed by atoms with Gasteiger partial charge in [0.1, 0.15) is 18.4 Å². The Kier molecular flexibility index (Phi) is 10.3. The van der Waals surface area contributed by atoms with Crippen LogP contribution in [0.2, 0.25) is 0 Å². The number of aliphatic imine (C=N–C) groups is 1. The quantitative estimate of drug-likeness (QED) is 0.246. The lowest BCUT2D eigenvalue weighted by atomic mass is 9.99. The first-order chi connectivity index (χ1) is 20.5. The third-order valence-corrected chi connectivity index (χ3v) is 7.21. The van der Waals surface area contributed by atoms with Crippen LogP contribution in [-0.2, 0) is 47.7 Å². The molecule has 2 aliphatic rings. The highest BCUT2D eigenvalue weighted by Crippen LogP contribution is 2.38. The topological polar surface area (TPSA) is 147 Å². The second-order valence-corrected chi connectivity index (χ2v) is 10.6. The van der Waals surface area contributed by atoms with E-state index in [1.165, 1.54) is 11.8 Å². The van der Waals surface area contributed by atoms with E-state index in [9.17, 15) is 24.0 Å². The molecule has 4 rings (SSSR count). The van der Waals surface area contributed by atoms with Crippen molar-refractivity contribution in [1.82, 2.24) is 0 Å². The van der Waals surface area contributed by atoms with E-state index < -0.39 is 59.6 Å². The Morgan fingerprint density at radius 2 is 1.37 bits per heavy atom. The number of rotatable bonds is 8. The molecule has 2 aromatic rings. The van der Waals surface area contributed by atoms with E-state index in [4.69, 9.17) is 23.7 Å². The Labute approximate surface area is 252 Å². The number of benzene rings is 2. The van der Waals surface area contributed by atoms with Crippen LogP contribution >= 0.6 is 11.8 Å². The Hall–Kier alpha value is -4.49. The van der Waals surface area contributed by atoms with E-state index in [1.54, 1.807) is 36.4 Å². The number of anilines is 1. The van der Waals surface area contributed by atoms with Gasteiger partial charge in [0, 0.05) is 27.7 Å². The molecule has 0 spiro atoms. The van der Waals surface area contributed by atoms with E-state index >= 15 is 0 Å². The van der Waals surface area contributed by atoms with Gasteiger partial charge in [0.15, 0.2) is 28.9 Å². The van der Waals surface area contributed by atoms with Crippen molar-refractivity contribution in [1.29, 1.82) is 0 Å². The Morgan fingerprint density at radius 3 is 1.95 bits per heavy atom. The standard InChI is InChI=1S/C30H30N2O10S/c1-17(33)38-16-24-25(39-18(2)34)26(40-19(3)35)27(41-20(4)36)29(42-24)43-30-31-23(15-21-11-7-5-8-12-21)28(37)32(30)22-13-9-6-10-14-22/h5-15,24-27,29H,16H2,1-4H3/b23-15-/t24-,25+,26+,27+,29-/m0/s1. The number of thioether (sulfide) groups is 1. The molecule has 5 atom stereocenters. The summed E-state index contributed by atoms with van der Waals surface area (Å²) in [7, 11) is 0. The molecular weight excluding hydrogens is 580 g/mol. The molecule has 2 aromatic carbocycles. The van der Waals surface area contributed by atoms with Crippen molar-refractivity contribution in [3.05, 3.63) is 71.9 Å². The maximum absolute atomic E-state index is 13.7. The highest BCUT2D eigenvalue weighted by Gasteiger charge is 2.53. The van der Waals surface area contributed by atoms with Crippen molar-refractivity contribution in [2.75, 3.05) is 11.5 Å². The van der Waals surface area contributed by atoms with Gasteiger partial charge >= 0.3 is 23.9 Å². The van der Waals surface area contributed by atoms with Gasteiger partial charge in [-0.2, -0.15) is 0 Å². The van der Waals surface area contributed by atoms with Crippen LogP contribution in [0.1, 0.15) is 33.3 Å². The van der Waals surface area contributed by atoms with Gasteiger partial charge in [-0.25, -0.2) is 4.99 Å². The maximum atomic E-state index is 13.7. The minimum atomic E-state index is -1.35. The summed E-state index contributed by atoms with van der Waals surface area (Å²) in [6, 6.07) is 17.9. The summed E-state index contributed by atoms with van der Waals surface area (Å²) in [4.78, 5) is 67.7. The molecule has 0 radical (unpaired) electrons. The minimum Gasteiger partial charge on any atom is -0.463 e. The molecule has 13 heteroatoms. The number of para-hydroxylation sites is 1. The number of hydrogen-bond donors (Lipinski definition) is 0. The highest BCUT2D eigenvalue weighted by molar-refractivity contribution is 8.14. The number of carbonyl (C=O) groups is 5. The lowest BCUT2D eigenvalue weighted by Crippen LogP contribution is -2.61. The van der Waals surface area contributed by atoms with E-state index in [0.29, 0.717) is 5.69 Å². The van der Waals surface area contributed by atoms with Crippen molar-refractivity contribution in [3.63, 3.8) is 0 Å². The molecule has 0 aliphatic carbocycles. The van der Waals surface area contributed by atoms with Crippen molar-refractivity contribution in [3.8, 4) is 0 Å². The SMILES string of the molecule is CC(=O)OC[C@@H]1O[C@@H](SC2=N/C(=C\c3ccccc3)C(=O)N2c2ccccc2)[C@H](OC(C)=O)[C@H](OC(C)=O)[C@@H]1OC(C)=O.